The van der Waals surface area contributed by atoms with Crippen LogP contribution in [0.3, 0.4) is 0 Å². The van der Waals surface area contributed by atoms with Crippen molar-refractivity contribution < 1.29 is 37.0 Å². The minimum absolute atomic E-state index is 0.0604. The zero-order chi connectivity index (χ0) is 24.0. The quantitative estimate of drug-likeness (QED) is 0.571. The van der Waals surface area contributed by atoms with E-state index in [4.69, 9.17) is 18.9 Å². The van der Waals surface area contributed by atoms with Gasteiger partial charge in [0.1, 0.15) is 17.1 Å². The van der Waals surface area contributed by atoms with Crippen LogP contribution in [-0.2, 0) is 24.3 Å². The van der Waals surface area contributed by atoms with Gasteiger partial charge in [0.25, 0.3) is 5.91 Å². The number of nitrogens with zero attached hydrogens (tertiary/aromatic N) is 1. The standard InChI is InChI=1S/C22H26N2O8S/c1-15-4-6-17(33(27,28)24-8-10-31-11-9-24)13-19(15)23-21(25)14-32-22(26)18-7-5-16(29-2)12-20(18)30-3/h4-7,12-13H,8-11,14H2,1-3H3,(H,23,25). The average Bonchev–Trinajstić information content (AvgIpc) is 2.83. The van der Waals surface area contributed by atoms with E-state index in [9.17, 15) is 18.0 Å². The fourth-order valence-corrected chi connectivity index (χ4v) is 4.63. The highest BCUT2D eigenvalue weighted by Crippen LogP contribution is 2.26. The van der Waals surface area contributed by atoms with Crippen LogP contribution in [0.5, 0.6) is 11.5 Å². The maximum absolute atomic E-state index is 12.9. The summed E-state index contributed by atoms with van der Waals surface area (Å²) in [4.78, 5) is 24.9. The van der Waals surface area contributed by atoms with Crippen molar-refractivity contribution in [1.29, 1.82) is 0 Å². The maximum atomic E-state index is 12.9. The molecule has 1 saturated heterocycles. The predicted octanol–water partition coefficient (Wildman–Crippen LogP) is 1.83. The molecule has 2 aromatic rings. The van der Waals surface area contributed by atoms with Crippen LogP contribution in [0.4, 0.5) is 5.69 Å². The molecule has 2 aromatic carbocycles. The first-order valence-electron chi connectivity index (χ1n) is 10.1. The fraction of sp³-hybridized carbons (Fsp3) is 0.364. The van der Waals surface area contributed by atoms with Crippen molar-refractivity contribution in [3.63, 3.8) is 0 Å². The minimum Gasteiger partial charge on any atom is -0.497 e. The van der Waals surface area contributed by atoms with Gasteiger partial charge < -0.3 is 24.3 Å². The molecule has 1 fully saturated rings. The van der Waals surface area contributed by atoms with Crippen molar-refractivity contribution >= 4 is 27.6 Å². The summed E-state index contributed by atoms with van der Waals surface area (Å²) in [6, 6.07) is 9.07. The van der Waals surface area contributed by atoms with Gasteiger partial charge in [-0.2, -0.15) is 4.31 Å². The average molecular weight is 479 g/mol. The van der Waals surface area contributed by atoms with E-state index >= 15 is 0 Å². The summed E-state index contributed by atoms with van der Waals surface area (Å²) >= 11 is 0. The van der Waals surface area contributed by atoms with Crippen LogP contribution >= 0.6 is 0 Å². The van der Waals surface area contributed by atoms with Gasteiger partial charge in [0.15, 0.2) is 6.61 Å². The van der Waals surface area contributed by atoms with Gasteiger partial charge in [-0.15, -0.1) is 0 Å². The number of carbonyl (C=O) groups excluding carboxylic acids is 2. The van der Waals surface area contributed by atoms with Crippen LogP contribution in [0.1, 0.15) is 15.9 Å². The highest BCUT2D eigenvalue weighted by molar-refractivity contribution is 7.89. The van der Waals surface area contributed by atoms with Gasteiger partial charge in [-0.25, -0.2) is 13.2 Å². The minimum atomic E-state index is -3.72. The number of hydrogen-bond acceptors (Lipinski definition) is 8. The number of hydrogen-bond donors (Lipinski definition) is 1. The summed E-state index contributed by atoms with van der Waals surface area (Å²) < 4.78 is 47.7. The van der Waals surface area contributed by atoms with Crippen molar-refractivity contribution in [2.75, 3.05) is 52.4 Å². The molecule has 3 rings (SSSR count). The molecular formula is C22H26N2O8S. The van der Waals surface area contributed by atoms with Crippen molar-refractivity contribution in [2.24, 2.45) is 0 Å². The molecule has 1 N–H and O–H groups in total. The largest absolute Gasteiger partial charge is 0.497 e. The second-order valence-corrected chi connectivity index (χ2v) is 9.12. The number of amides is 1. The number of ether oxygens (including phenoxy) is 4. The molecule has 1 amide bonds. The number of benzene rings is 2. The Bertz CT molecular complexity index is 1130. The first-order chi connectivity index (χ1) is 15.8. The Balaban J connectivity index is 1.67. The van der Waals surface area contributed by atoms with E-state index in [-0.39, 0.29) is 29.3 Å². The van der Waals surface area contributed by atoms with Gasteiger partial charge in [0.05, 0.1) is 32.3 Å². The molecule has 0 radical (unpaired) electrons. The molecule has 1 aliphatic heterocycles. The molecule has 178 valence electrons. The van der Waals surface area contributed by atoms with Gasteiger partial charge in [0.2, 0.25) is 10.0 Å². The first-order valence-corrected chi connectivity index (χ1v) is 11.6. The number of morpholine rings is 1. The third-order valence-corrected chi connectivity index (χ3v) is 6.95. The molecule has 0 atom stereocenters. The summed E-state index contributed by atoms with van der Waals surface area (Å²) in [6.07, 6.45) is 0. The lowest BCUT2D eigenvalue weighted by molar-refractivity contribution is -0.119. The summed E-state index contributed by atoms with van der Waals surface area (Å²) in [5.41, 5.74) is 1.11. The SMILES string of the molecule is COc1ccc(C(=O)OCC(=O)Nc2cc(S(=O)(=O)N3CCOCC3)ccc2C)c(OC)c1. The van der Waals surface area contributed by atoms with Crippen LogP contribution in [0.15, 0.2) is 41.3 Å². The van der Waals surface area contributed by atoms with Gasteiger partial charge in [0, 0.05) is 24.8 Å². The lowest BCUT2D eigenvalue weighted by Crippen LogP contribution is -2.40. The fourth-order valence-electron chi connectivity index (χ4n) is 3.19. The second kappa shape index (κ2) is 10.6. The highest BCUT2D eigenvalue weighted by Gasteiger charge is 2.27. The topological polar surface area (TPSA) is 120 Å². The lowest BCUT2D eigenvalue weighted by Gasteiger charge is -2.26. The Morgan fingerprint density at radius 1 is 1.06 bits per heavy atom. The monoisotopic (exact) mass is 478 g/mol. The molecule has 1 aliphatic rings. The summed E-state index contributed by atoms with van der Waals surface area (Å²) in [5, 5.41) is 2.60. The van der Waals surface area contributed by atoms with Crippen molar-refractivity contribution in [3.05, 3.63) is 47.5 Å². The van der Waals surface area contributed by atoms with E-state index in [1.165, 1.54) is 42.8 Å². The molecule has 11 heteroatoms. The van der Waals surface area contributed by atoms with Gasteiger partial charge in [-0.3, -0.25) is 4.79 Å². The zero-order valence-electron chi connectivity index (χ0n) is 18.6. The molecule has 10 nitrogen and oxygen atoms in total. The first kappa shape index (κ1) is 24.5. The predicted molar refractivity (Wildman–Crippen MR) is 119 cm³/mol. The number of rotatable bonds is 8. The molecule has 0 unspecified atom stereocenters. The number of aryl methyl sites for hydroxylation is 1. The highest BCUT2D eigenvalue weighted by atomic mass is 32.2. The number of esters is 1. The number of carbonyl (C=O) groups is 2. The number of anilines is 1. The van der Waals surface area contributed by atoms with Crippen LogP contribution < -0.4 is 14.8 Å². The summed E-state index contributed by atoms with van der Waals surface area (Å²) in [5.74, 6) is -0.606. The Hall–Kier alpha value is -3.15. The third-order valence-electron chi connectivity index (χ3n) is 5.05. The number of nitrogens with one attached hydrogen (secondary N) is 1. The van der Waals surface area contributed by atoms with Crippen LogP contribution in [-0.4, -0.2) is 71.7 Å². The maximum Gasteiger partial charge on any atom is 0.342 e. The van der Waals surface area contributed by atoms with Crippen LogP contribution in [0.25, 0.3) is 0 Å². The van der Waals surface area contributed by atoms with Crippen LogP contribution in [0, 0.1) is 6.92 Å². The Labute approximate surface area is 192 Å². The van der Waals surface area contributed by atoms with E-state index in [1.54, 1.807) is 19.1 Å². The second-order valence-electron chi connectivity index (χ2n) is 7.18. The van der Waals surface area contributed by atoms with Crippen LogP contribution in [0.2, 0.25) is 0 Å². The Kier molecular flexibility index (Phi) is 7.90. The molecule has 0 bridgehead atoms. The molecule has 0 aliphatic carbocycles. The molecule has 33 heavy (non-hydrogen) atoms. The van der Waals surface area contributed by atoms with E-state index in [2.05, 4.69) is 5.32 Å². The Morgan fingerprint density at radius 2 is 1.79 bits per heavy atom. The van der Waals surface area contributed by atoms with Crippen molar-refractivity contribution in [2.45, 2.75) is 11.8 Å². The molecule has 1 heterocycles. The molecule has 0 saturated carbocycles. The third kappa shape index (κ3) is 5.81. The van der Waals surface area contributed by atoms with Crippen molar-refractivity contribution in [1.82, 2.24) is 4.31 Å². The van der Waals surface area contributed by atoms with Gasteiger partial charge >= 0.3 is 5.97 Å². The lowest BCUT2D eigenvalue weighted by atomic mass is 10.2. The van der Waals surface area contributed by atoms with Gasteiger partial charge in [-0.1, -0.05) is 6.07 Å². The van der Waals surface area contributed by atoms with E-state index in [0.717, 1.165) is 0 Å². The molecule has 0 aromatic heterocycles. The number of sulfonamides is 1. The number of methoxy groups -OCH3 is 2. The molecular weight excluding hydrogens is 452 g/mol. The molecule has 0 spiro atoms. The zero-order valence-corrected chi connectivity index (χ0v) is 19.4. The Morgan fingerprint density at radius 3 is 2.45 bits per heavy atom. The smallest absolute Gasteiger partial charge is 0.342 e. The van der Waals surface area contributed by atoms with Crippen molar-refractivity contribution in [3.8, 4) is 11.5 Å². The normalized spacial score (nSPS) is 14.4. The van der Waals surface area contributed by atoms with Gasteiger partial charge in [-0.05, 0) is 36.8 Å². The van der Waals surface area contributed by atoms with E-state index in [0.29, 0.717) is 30.2 Å². The summed E-state index contributed by atoms with van der Waals surface area (Å²) in [6.45, 7) is 2.37. The summed E-state index contributed by atoms with van der Waals surface area (Å²) in [7, 11) is -0.832. The van der Waals surface area contributed by atoms with E-state index < -0.39 is 28.5 Å². The van der Waals surface area contributed by atoms with E-state index in [1.807, 2.05) is 0 Å².